The van der Waals surface area contributed by atoms with Gasteiger partial charge in [0, 0.05) is 23.8 Å². The summed E-state index contributed by atoms with van der Waals surface area (Å²) < 4.78 is 0.945. The molecule has 1 unspecified atom stereocenters. The van der Waals surface area contributed by atoms with Gasteiger partial charge in [-0.1, -0.05) is 0 Å². The van der Waals surface area contributed by atoms with Gasteiger partial charge in [0.05, 0.1) is 17.7 Å². The lowest BCUT2D eigenvalue weighted by atomic mass is 9.89. The zero-order valence-corrected chi connectivity index (χ0v) is 12.3. The van der Waals surface area contributed by atoms with Crippen LogP contribution in [-0.2, 0) is 11.3 Å². The number of aromatic nitrogens is 1. The molecule has 0 spiro atoms. The van der Waals surface area contributed by atoms with Crippen molar-refractivity contribution in [3.05, 3.63) is 28.5 Å². The number of piperidine rings is 1. The predicted molar refractivity (Wildman–Crippen MR) is 75.2 cm³/mol. The molecule has 6 heteroatoms. The van der Waals surface area contributed by atoms with Gasteiger partial charge in [-0.25, -0.2) is 0 Å². The van der Waals surface area contributed by atoms with Crippen molar-refractivity contribution >= 4 is 21.8 Å². The standard InChI is InChI=1S/C13H18BrN3O2/c14-10-2-3-11(16-7-10)8-17-5-1-4-13(19,9-17)6-12(15)18/h2-3,7,19H,1,4-6,8-9H2,(H2,15,18). The summed E-state index contributed by atoms with van der Waals surface area (Å²) in [5, 5.41) is 10.4. The molecule has 2 heterocycles. The number of carbonyl (C=O) groups excluding carboxylic acids is 1. The summed E-state index contributed by atoms with van der Waals surface area (Å²) in [6.45, 7) is 2.04. The first-order chi connectivity index (χ1) is 8.97. The number of rotatable bonds is 4. The van der Waals surface area contributed by atoms with E-state index in [1.165, 1.54) is 0 Å². The first kappa shape index (κ1) is 14.4. The lowest BCUT2D eigenvalue weighted by molar-refractivity contribution is -0.125. The van der Waals surface area contributed by atoms with Crippen molar-refractivity contribution in [1.82, 2.24) is 9.88 Å². The fourth-order valence-electron chi connectivity index (χ4n) is 2.54. The van der Waals surface area contributed by atoms with Crippen LogP contribution in [0.4, 0.5) is 0 Å². The Morgan fingerprint density at radius 1 is 1.58 bits per heavy atom. The van der Waals surface area contributed by atoms with Crippen LogP contribution in [0.25, 0.3) is 0 Å². The smallest absolute Gasteiger partial charge is 0.220 e. The van der Waals surface area contributed by atoms with Crippen molar-refractivity contribution < 1.29 is 9.90 Å². The number of hydrogen-bond donors (Lipinski definition) is 2. The SMILES string of the molecule is NC(=O)CC1(O)CCCN(Cc2ccc(Br)cn2)C1. The fourth-order valence-corrected chi connectivity index (χ4v) is 2.77. The minimum Gasteiger partial charge on any atom is -0.388 e. The average molecular weight is 328 g/mol. The lowest BCUT2D eigenvalue weighted by Gasteiger charge is -2.38. The van der Waals surface area contributed by atoms with Crippen LogP contribution in [0.5, 0.6) is 0 Å². The molecule has 0 radical (unpaired) electrons. The van der Waals surface area contributed by atoms with Crippen LogP contribution in [0.3, 0.4) is 0 Å². The van der Waals surface area contributed by atoms with E-state index in [2.05, 4.69) is 25.8 Å². The van der Waals surface area contributed by atoms with E-state index in [-0.39, 0.29) is 6.42 Å². The first-order valence-electron chi connectivity index (χ1n) is 6.30. The van der Waals surface area contributed by atoms with Crippen molar-refractivity contribution in [2.45, 2.75) is 31.4 Å². The number of nitrogens with two attached hydrogens (primary N) is 1. The highest BCUT2D eigenvalue weighted by Crippen LogP contribution is 2.25. The van der Waals surface area contributed by atoms with E-state index in [9.17, 15) is 9.90 Å². The number of primary amides is 1. The number of hydrogen-bond acceptors (Lipinski definition) is 4. The highest BCUT2D eigenvalue weighted by Gasteiger charge is 2.34. The maximum absolute atomic E-state index is 11.0. The van der Waals surface area contributed by atoms with Gasteiger partial charge in [-0.3, -0.25) is 14.7 Å². The molecule has 3 N–H and O–H groups in total. The monoisotopic (exact) mass is 327 g/mol. The van der Waals surface area contributed by atoms with E-state index in [4.69, 9.17) is 5.73 Å². The molecule has 0 aliphatic carbocycles. The van der Waals surface area contributed by atoms with Gasteiger partial charge in [-0.15, -0.1) is 0 Å². The molecule has 1 atom stereocenters. The van der Waals surface area contributed by atoms with Gasteiger partial charge >= 0.3 is 0 Å². The molecule has 1 aromatic rings. The molecule has 1 saturated heterocycles. The molecule has 104 valence electrons. The van der Waals surface area contributed by atoms with Gasteiger partial charge in [-0.2, -0.15) is 0 Å². The molecule has 5 nitrogen and oxygen atoms in total. The number of likely N-dealkylation sites (tertiary alicyclic amines) is 1. The van der Waals surface area contributed by atoms with Crippen LogP contribution in [-0.4, -0.2) is 39.6 Å². The summed E-state index contributed by atoms with van der Waals surface area (Å²) in [6, 6.07) is 3.90. The third-order valence-electron chi connectivity index (χ3n) is 3.31. The molecule has 1 aliphatic heterocycles. The number of pyridine rings is 1. The zero-order valence-electron chi connectivity index (χ0n) is 10.7. The van der Waals surface area contributed by atoms with Gasteiger partial charge in [0.15, 0.2) is 0 Å². The summed E-state index contributed by atoms with van der Waals surface area (Å²) in [7, 11) is 0. The number of carbonyl (C=O) groups is 1. The van der Waals surface area contributed by atoms with E-state index < -0.39 is 11.5 Å². The Kier molecular flexibility index (Phi) is 4.54. The number of amides is 1. The third kappa shape index (κ3) is 4.26. The molecule has 0 saturated carbocycles. The second-order valence-electron chi connectivity index (χ2n) is 5.15. The largest absolute Gasteiger partial charge is 0.388 e. The summed E-state index contributed by atoms with van der Waals surface area (Å²) in [6.07, 6.45) is 3.27. The minimum atomic E-state index is -0.987. The molecule has 19 heavy (non-hydrogen) atoms. The van der Waals surface area contributed by atoms with Gasteiger partial charge < -0.3 is 10.8 Å². The third-order valence-corrected chi connectivity index (χ3v) is 3.78. The number of aliphatic hydroxyl groups is 1. The molecule has 0 bridgehead atoms. The van der Waals surface area contributed by atoms with E-state index in [1.807, 2.05) is 12.1 Å². The second-order valence-corrected chi connectivity index (χ2v) is 6.07. The fraction of sp³-hybridized carbons (Fsp3) is 0.538. The van der Waals surface area contributed by atoms with Gasteiger partial charge in [-0.05, 0) is 47.4 Å². The Balaban J connectivity index is 1.97. The van der Waals surface area contributed by atoms with E-state index >= 15 is 0 Å². The van der Waals surface area contributed by atoms with Crippen molar-refractivity contribution in [3.8, 4) is 0 Å². The summed E-state index contributed by atoms with van der Waals surface area (Å²) in [4.78, 5) is 17.4. The maximum Gasteiger partial charge on any atom is 0.220 e. The molecule has 2 rings (SSSR count). The topological polar surface area (TPSA) is 79.5 Å². The molecule has 1 fully saturated rings. The van der Waals surface area contributed by atoms with Crippen LogP contribution in [0.2, 0.25) is 0 Å². The Morgan fingerprint density at radius 3 is 3.00 bits per heavy atom. The van der Waals surface area contributed by atoms with Gasteiger partial charge in [0.1, 0.15) is 0 Å². The van der Waals surface area contributed by atoms with Crippen molar-refractivity contribution in [2.24, 2.45) is 5.73 Å². The molecule has 1 amide bonds. The molecule has 0 aromatic carbocycles. The molecular formula is C13H18BrN3O2. The normalized spacial score (nSPS) is 24.3. The summed E-state index contributed by atoms with van der Waals surface area (Å²) in [5.74, 6) is -0.453. The molecule has 1 aromatic heterocycles. The summed E-state index contributed by atoms with van der Waals surface area (Å²) >= 11 is 3.35. The Hall–Kier alpha value is -0.980. The lowest BCUT2D eigenvalue weighted by Crippen LogP contribution is -2.49. The number of halogens is 1. The van der Waals surface area contributed by atoms with Crippen LogP contribution < -0.4 is 5.73 Å². The average Bonchev–Trinajstić information content (AvgIpc) is 2.30. The predicted octanol–water partition coefficient (Wildman–Crippen LogP) is 1.05. The van der Waals surface area contributed by atoms with Crippen molar-refractivity contribution in [1.29, 1.82) is 0 Å². The quantitative estimate of drug-likeness (QED) is 0.866. The van der Waals surface area contributed by atoms with E-state index in [0.29, 0.717) is 19.5 Å². The van der Waals surface area contributed by atoms with Crippen LogP contribution in [0.1, 0.15) is 25.0 Å². The maximum atomic E-state index is 11.0. The van der Waals surface area contributed by atoms with E-state index in [0.717, 1.165) is 23.1 Å². The Bertz CT molecular complexity index is 452. The highest BCUT2D eigenvalue weighted by atomic mass is 79.9. The van der Waals surface area contributed by atoms with Gasteiger partial charge in [0.2, 0.25) is 5.91 Å². The van der Waals surface area contributed by atoms with Crippen molar-refractivity contribution in [2.75, 3.05) is 13.1 Å². The summed E-state index contributed by atoms with van der Waals surface area (Å²) in [5.41, 5.74) is 5.15. The minimum absolute atomic E-state index is 0.0251. The van der Waals surface area contributed by atoms with Crippen molar-refractivity contribution in [3.63, 3.8) is 0 Å². The Labute approximate surface area is 120 Å². The number of β-amino-alcohol motifs (C(OH)–C–C–N with tert-alkyl or cyclic N) is 1. The molecular weight excluding hydrogens is 310 g/mol. The highest BCUT2D eigenvalue weighted by molar-refractivity contribution is 9.10. The molecule has 1 aliphatic rings. The van der Waals surface area contributed by atoms with Crippen LogP contribution >= 0.6 is 15.9 Å². The van der Waals surface area contributed by atoms with Crippen LogP contribution in [0.15, 0.2) is 22.8 Å². The van der Waals surface area contributed by atoms with E-state index in [1.54, 1.807) is 6.20 Å². The zero-order chi connectivity index (χ0) is 13.9. The van der Waals surface area contributed by atoms with Crippen LogP contribution in [0, 0.1) is 0 Å². The number of nitrogens with zero attached hydrogens (tertiary/aromatic N) is 2. The van der Waals surface area contributed by atoms with Gasteiger partial charge in [0.25, 0.3) is 0 Å². The Morgan fingerprint density at radius 2 is 2.37 bits per heavy atom. The first-order valence-corrected chi connectivity index (χ1v) is 7.10. The second kappa shape index (κ2) is 5.98.